The third-order valence-corrected chi connectivity index (χ3v) is 5.13. The van der Waals surface area contributed by atoms with E-state index in [-0.39, 0.29) is 23.7 Å². The lowest BCUT2D eigenvalue weighted by molar-refractivity contribution is -0.141. The normalized spacial score (nSPS) is 12.4. The molecule has 2 aromatic rings. The number of sulfonamides is 1. The number of amides is 2. The van der Waals surface area contributed by atoms with E-state index in [9.17, 15) is 18.0 Å². The minimum Gasteiger partial charge on any atom is -0.481 e. The Kier molecular flexibility index (Phi) is 6.59. The van der Waals surface area contributed by atoms with E-state index in [0.717, 1.165) is 0 Å². The average Bonchev–Trinajstić information content (AvgIpc) is 3.13. The number of benzene rings is 1. The molecule has 1 heterocycles. The predicted molar refractivity (Wildman–Crippen MR) is 97.6 cm³/mol. The fraction of sp³-hybridized carbons (Fsp3) is 0.294. The zero-order chi connectivity index (χ0) is 20.0. The van der Waals surface area contributed by atoms with Gasteiger partial charge in [-0.2, -0.15) is 0 Å². The Morgan fingerprint density at radius 3 is 2.63 bits per heavy atom. The van der Waals surface area contributed by atoms with Crippen LogP contribution in [0.15, 0.2) is 52.0 Å². The number of furan rings is 1. The first-order valence-corrected chi connectivity index (χ1v) is 9.54. The molecule has 0 radical (unpaired) electrons. The van der Waals surface area contributed by atoms with Crippen molar-refractivity contribution < 1.29 is 27.5 Å². The minimum absolute atomic E-state index is 0.00172. The van der Waals surface area contributed by atoms with Gasteiger partial charge in [0.05, 0.1) is 23.6 Å². The molecule has 0 aliphatic carbocycles. The number of urea groups is 1. The van der Waals surface area contributed by atoms with Crippen molar-refractivity contribution in [2.45, 2.75) is 18.4 Å². The molecule has 0 aliphatic heterocycles. The Bertz CT molecular complexity index is 895. The van der Waals surface area contributed by atoms with Crippen molar-refractivity contribution in [2.24, 2.45) is 5.92 Å². The number of aliphatic carboxylic acids is 1. The van der Waals surface area contributed by atoms with Gasteiger partial charge in [0.2, 0.25) is 10.0 Å². The molecule has 0 bridgehead atoms. The minimum atomic E-state index is -3.80. The standard InChI is InChI=1S/C17H21N3O6S/c1-12(16(21)22)11-20(2)17(23)19-13-5-3-7-15(9-13)27(24,25)18-10-14-6-4-8-26-14/h3-9,12,18H,10-11H2,1-2H3,(H,19,23)(H,21,22). The Morgan fingerprint density at radius 1 is 1.26 bits per heavy atom. The Hall–Kier alpha value is -2.85. The second-order valence-corrected chi connectivity index (χ2v) is 7.75. The molecule has 27 heavy (non-hydrogen) atoms. The van der Waals surface area contributed by atoms with E-state index >= 15 is 0 Å². The van der Waals surface area contributed by atoms with Crippen molar-refractivity contribution in [1.82, 2.24) is 9.62 Å². The number of carbonyl (C=O) groups is 2. The summed E-state index contributed by atoms with van der Waals surface area (Å²) in [6.07, 6.45) is 1.45. The average molecular weight is 395 g/mol. The van der Waals surface area contributed by atoms with Crippen LogP contribution in [0.4, 0.5) is 10.5 Å². The van der Waals surface area contributed by atoms with Crippen LogP contribution in [0.3, 0.4) is 0 Å². The summed E-state index contributed by atoms with van der Waals surface area (Å²) < 4.78 is 32.3. The number of carbonyl (C=O) groups excluding carboxylic acids is 1. The highest BCUT2D eigenvalue weighted by atomic mass is 32.2. The van der Waals surface area contributed by atoms with Gasteiger partial charge in [0.25, 0.3) is 0 Å². The van der Waals surface area contributed by atoms with E-state index in [2.05, 4.69) is 10.0 Å². The molecule has 1 aromatic carbocycles. The molecule has 10 heteroatoms. The van der Waals surface area contributed by atoms with Gasteiger partial charge in [-0.15, -0.1) is 0 Å². The second kappa shape index (κ2) is 8.69. The summed E-state index contributed by atoms with van der Waals surface area (Å²) in [5.74, 6) is -1.26. The highest BCUT2D eigenvalue weighted by molar-refractivity contribution is 7.89. The first-order valence-electron chi connectivity index (χ1n) is 8.06. The predicted octanol–water partition coefficient (Wildman–Crippen LogP) is 1.94. The summed E-state index contributed by atoms with van der Waals surface area (Å²) in [6.45, 7) is 1.51. The van der Waals surface area contributed by atoms with Crippen LogP contribution in [-0.2, 0) is 21.4 Å². The molecule has 0 fully saturated rings. The number of carboxylic acid groups (broad SMARTS) is 1. The van der Waals surface area contributed by atoms with Crippen molar-refractivity contribution >= 4 is 27.7 Å². The van der Waals surface area contributed by atoms with Crippen LogP contribution in [0, 0.1) is 5.92 Å². The van der Waals surface area contributed by atoms with Crippen molar-refractivity contribution in [1.29, 1.82) is 0 Å². The van der Waals surface area contributed by atoms with E-state index < -0.39 is 27.9 Å². The summed E-state index contributed by atoms with van der Waals surface area (Å²) in [5.41, 5.74) is 0.274. The van der Waals surface area contributed by atoms with Crippen molar-refractivity contribution in [3.63, 3.8) is 0 Å². The summed E-state index contributed by atoms with van der Waals surface area (Å²) in [7, 11) is -2.34. The van der Waals surface area contributed by atoms with Gasteiger partial charge in [0.1, 0.15) is 5.76 Å². The largest absolute Gasteiger partial charge is 0.481 e. The lowest BCUT2D eigenvalue weighted by Crippen LogP contribution is -2.36. The van der Waals surface area contributed by atoms with Crippen LogP contribution in [0.1, 0.15) is 12.7 Å². The highest BCUT2D eigenvalue weighted by Gasteiger charge is 2.19. The molecule has 2 rings (SSSR count). The Labute approximate surface area is 157 Å². The topological polar surface area (TPSA) is 129 Å². The van der Waals surface area contributed by atoms with Crippen molar-refractivity contribution in [3.05, 3.63) is 48.4 Å². The van der Waals surface area contributed by atoms with Crippen LogP contribution in [0.5, 0.6) is 0 Å². The molecule has 9 nitrogen and oxygen atoms in total. The number of hydrogen-bond acceptors (Lipinski definition) is 5. The zero-order valence-corrected chi connectivity index (χ0v) is 15.7. The van der Waals surface area contributed by atoms with Crippen LogP contribution in [-0.4, -0.2) is 44.0 Å². The number of nitrogens with zero attached hydrogens (tertiary/aromatic N) is 1. The van der Waals surface area contributed by atoms with Crippen molar-refractivity contribution in [3.8, 4) is 0 Å². The van der Waals surface area contributed by atoms with E-state index in [1.54, 1.807) is 12.1 Å². The first kappa shape index (κ1) is 20.5. The summed E-state index contributed by atoms with van der Waals surface area (Å²) >= 11 is 0. The zero-order valence-electron chi connectivity index (χ0n) is 14.9. The molecule has 3 N–H and O–H groups in total. The van der Waals surface area contributed by atoms with E-state index in [4.69, 9.17) is 9.52 Å². The summed E-state index contributed by atoms with van der Waals surface area (Å²) in [4.78, 5) is 24.2. The molecule has 1 atom stereocenters. The van der Waals surface area contributed by atoms with Gasteiger partial charge in [0, 0.05) is 19.3 Å². The summed E-state index contributed by atoms with van der Waals surface area (Å²) in [5, 5.41) is 11.5. The monoisotopic (exact) mass is 395 g/mol. The molecule has 1 unspecified atom stereocenters. The molecule has 1 aromatic heterocycles. The van der Waals surface area contributed by atoms with Gasteiger partial charge in [-0.25, -0.2) is 17.9 Å². The second-order valence-electron chi connectivity index (χ2n) is 5.98. The SMILES string of the molecule is CC(CN(C)C(=O)Nc1cccc(S(=O)(=O)NCc2ccco2)c1)C(=O)O. The van der Waals surface area contributed by atoms with Gasteiger partial charge in [-0.05, 0) is 30.3 Å². The number of anilines is 1. The summed E-state index contributed by atoms with van der Waals surface area (Å²) in [6, 6.07) is 8.51. The van der Waals surface area contributed by atoms with Crippen LogP contribution < -0.4 is 10.0 Å². The van der Waals surface area contributed by atoms with E-state index in [0.29, 0.717) is 5.76 Å². The fourth-order valence-corrected chi connectivity index (χ4v) is 3.23. The van der Waals surface area contributed by atoms with E-state index in [1.807, 2.05) is 0 Å². The number of hydrogen-bond donors (Lipinski definition) is 3. The maximum Gasteiger partial charge on any atom is 0.321 e. The molecule has 146 valence electrons. The Balaban J connectivity index is 2.03. The van der Waals surface area contributed by atoms with Crippen LogP contribution in [0.25, 0.3) is 0 Å². The van der Waals surface area contributed by atoms with Gasteiger partial charge < -0.3 is 19.7 Å². The van der Waals surface area contributed by atoms with Gasteiger partial charge >= 0.3 is 12.0 Å². The first-order chi connectivity index (χ1) is 12.7. The molecular formula is C17H21N3O6S. The molecule has 2 amide bonds. The number of carboxylic acids is 1. The molecule has 0 saturated carbocycles. The molecule has 0 spiro atoms. The third-order valence-electron chi connectivity index (χ3n) is 3.73. The molecule has 0 aliphatic rings. The van der Waals surface area contributed by atoms with E-state index in [1.165, 1.54) is 49.4 Å². The van der Waals surface area contributed by atoms with Gasteiger partial charge in [-0.3, -0.25) is 4.79 Å². The maximum atomic E-state index is 12.4. The molecular weight excluding hydrogens is 374 g/mol. The smallest absolute Gasteiger partial charge is 0.321 e. The van der Waals surface area contributed by atoms with Gasteiger partial charge in [0.15, 0.2) is 0 Å². The van der Waals surface area contributed by atoms with Crippen LogP contribution >= 0.6 is 0 Å². The van der Waals surface area contributed by atoms with Gasteiger partial charge in [-0.1, -0.05) is 13.0 Å². The van der Waals surface area contributed by atoms with Crippen LogP contribution in [0.2, 0.25) is 0 Å². The lowest BCUT2D eigenvalue weighted by atomic mass is 10.2. The number of rotatable bonds is 8. The Morgan fingerprint density at radius 2 is 2.00 bits per heavy atom. The quantitative estimate of drug-likeness (QED) is 0.626. The molecule has 0 saturated heterocycles. The maximum absolute atomic E-state index is 12.4. The number of nitrogens with one attached hydrogen (secondary N) is 2. The van der Waals surface area contributed by atoms with Crippen molar-refractivity contribution in [2.75, 3.05) is 18.9 Å². The fourth-order valence-electron chi connectivity index (χ4n) is 2.19. The highest BCUT2D eigenvalue weighted by Crippen LogP contribution is 2.16. The third kappa shape index (κ3) is 5.83. The lowest BCUT2D eigenvalue weighted by Gasteiger charge is -2.20.